The van der Waals surface area contributed by atoms with Crippen molar-refractivity contribution in [3.63, 3.8) is 0 Å². The number of hydrogen-bond donors (Lipinski definition) is 1. The summed E-state index contributed by atoms with van der Waals surface area (Å²) in [7, 11) is 1.71. The topological polar surface area (TPSA) is 64.3 Å². The van der Waals surface area contributed by atoms with Crippen LogP contribution in [0.3, 0.4) is 0 Å². The summed E-state index contributed by atoms with van der Waals surface area (Å²) in [5.74, 6) is 0.109. The first-order valence-electron chi connectivity index (χ1n) is 3.01. The van der Waals surface area contributed by atoms with E-state index in [4.69, 9.17) is 5.11 Å². The third kappa shape index (κ3) is 1.70. The van der Waals surface area contributed by atoms with E-state index >= 15 is 0 Å². The maximum Gasteiger partial charge on any atom is 0.512 e. The highest BCUT2D eigenvalue weighted by atomic mass is 16.7. The van der Waals surface area contributed by atoms with Crippen molar-refractivity contribution < 1.29 is 14.6 Å². The van der Waals surface area contributed by atoms with Gasteiger partial charge in [-0.15, -0.1) is 5.10 Å². The van der Waals surface area contributed by atoms with E-state index in [0.717, 1.165) is 5.69 Å². The largest absolute Gasteiger partial charge is 0.512 e. The molecule has 1 aromatic heterocycles. The third-order valence-corrected chi connectivity index (χ3v) is 1.28. The molecule has 0 aliphatic heterocycles. The van der Waals surface area contributed by atoms with Crippen LogP contribution in [0.4, 0.5) is 4.79 Å². The highest BCUT2D eigenvalue weighted by Crippen LogP contribution is 2.08. The van der Waals surface area contributed by atoms with Crippen LogP contribution in [0.2, 0.25) is 0 Å². The van der Waals surface area contributed by atoms with Crippen molar-refractivity contribution in [3.8, 4) is 5.88 Å². The van der Waals surface area contributed by atoms with Crippen molar-refractivity contribution in [2.24, 2.45) is 7.05 Å². The molecule has 1 rings (SSSR count). The fourth-order valence-electron chi connectivity index (χ4n) is 0.667. The van der Waals surface area contributed by atoms with E-state index in [9.17, 15) is 4.79 Å². The minimum Gasteiger partial charge on any atom is -0.449 e. The fraction of sp³-hybridized carbons (Fsp3) is 0.333. The molecule has 1 heterocycles. The number of hydrogen-bond acceptors (Lipinski definition) is 3. The molecular weight excluding hydrogens is 148 g/mol. The maximum absolute atomic E-state index is 10.0. The van der Waals surface area contributed by atoms with Crippen LogP contribution in [0.5, 0.6) is 5.88 Å². The third-order valence-electron chi connectivity index (χ3n) is 1.28. The van der Waals surface area contributed by atoms with Crippen molar-refractivity contribution >= 4 is 6.16 Å². The van der Waals surface area contributed by atoms with Crippen LogP contribution in [0.15, 0.2) is 6.07 Å². The molecule has 5 nitrogen and oxygen atoms in total. The average molecular weight is 156 g/mol. The van der Waals surface area contributed by atoms with E-state index in [1.165, 1.54) is 4.68 Å². The number of rotatable bonds is 1. The molecule has 0 spiro atoms. The minimum atomic E-state index is -1.34. The van der Waals surface area contributed by atoms with Gasteiger partial charge < -0.3 is 9.84 Å². The van der Waals surface area contributed by atoms with Crippen molar-refractivity contribution in [2.45, 2.75) is 6.92 Å². The van der Waals surface area contributed by atoms with Crippen molar-refractivity contribution in [1.29, 1.82) is 0 Å². The lowest BCUT2D eigenvalue weighted by Crippen LogP contribution is -2.03. The molecule has 1 N–H and O–H groups in total. The lowest BCUT2D eigenvalue weighted by atomic mass is 10.5. The van der Waals surface area contributed by atoms with Gasteiger partial charge in [0.15, 0.2) is 0 Å². The second-order valence-electron chi connectivity index (χ2n) is 2.12. The van der Waals surface area contributed by atoms with Crippen molar-refractivity contribution in [1.82, 2.24) is 9.78 Å². The molecule has 5 heteroatoms. The Kier molecular flexibility index (Phi) is 1.80. The van der Waals surface area contributed by atoms with E-state index in [1.54, 1.807) is 13.1 Å². The van der Waals surface area contributed by atoms with Crippen LogP contribution in [-0.2, 0) is 7.05 Å². The molecule has 0 amide bonds. The minimum absolute atomic E-state index is 0.109. The fourth-order valence-corrected chi connectivity index (χ4v) is 0.667. The van der Waals surface area contributed by atoms with E-state index < -0.39 is 6.16 Å². The van der Waals surface area contributed by atoms with Gasteiger partial charge in [-0.1, -0.05) is 0 Å². The van der Waals surface area contributed by atoms with Crippen LogP contribution in [0.25, 0.3) is 0 Å². The molecule has 0 aliphatic carbocycles. The Morgan fingerprint density at radius 3 is 2.82 bits per heavy atom. The molecule has 0 saturated carbocycles. The standard InChI is InChI=1S/C6H8N2O3/c1-4-3-5(7-8(4)2)11-6(9)10/h3H,1-2H3,(H,9,10). The van der Waals surface area contributed by atoms with Gasteiger partial charge in [0.25, 0.3) is 0 Å². The molecule has 0 radical (unpaired) electrons. The van der Waals surface area contributed by atoms with Gasteiger partial charge in [-0.25, -0.2) is 4.79 Å². The first kappa shape index (κ1) is 7.59. The van der Waals surface area contributed by atoms with E-state index in [2.05, 4.69) is 9.84 Å². The molecule has 0 unspecified atom stereocenters. The second kappa shape index (κ2) is 2.61. The predicted octanol–water partition coefficient (Wildman–Crippen LogP) is 0.785. The molecule has 0 fully saturated rings. The highest BCUT2D eigenvalue weighted by Gasteiger charge is 2.05. The summed E-state index contributed by atoms with van der Waals surface area (Å²) in [6, 6.07) is 1.55. The molecule has 0 aliphatic rings. The summed E-state index contributed by atoms with van der Waals surface area (Å²) in [5.41, 5.74) is 0.848. The summed E-state index contributed by atoms with van der Waals surface area (Å²) in [6.45, 7) is 1.81. The zero-order valence-electron chi connectivity index (χ0n) is 6.24. The summed E-state index contributed by atoms with van der Waals surface area (Å²) in [4.78, 5) is 10.0. The van der Waals surface area contributed by atoms with Gasteiger partial charge >= 0.3 is 6.16 Å². The number of carboxylic acid groups (broad SMARTS) is 1. The summed E-state index contributed by atoms with van der Waals surface area (Å²) < 4.78 is 5.84. The van der Waals surface area contributed by atoms with Gasteiger partial charge in [0.2, 0.25) is 5.88 Å². The van der Waals surface area contributed by atoms with Crippen LogP contribution in [-0.4, -0.2) is 21.0 Å². The van der Waals surface area contributed by atoms with Crippen molar-refractivity contribution in [2.75, 3.05) is 0 Å². The Morgan fingerprint density at radius 2 is 2.45 bits per heavy atom. The summed E-state index contributed by atoms with van der Waals surface area (Å²) in [5, 5.41) is 12.0. The monoisotopic (exact) mass is 156 g/mol. The zero-order valence-corrected chi connectivity index (χ0v) is 6.24. The predicted molar refractivity (Wildman–Crippen MR) is 36.6 cm³/mol. The summed E-state index contributed by atoms with van der Waals surface area (Å²) in [6.07, 6.45) is -1.34. The first-order chi connectivity index (χ1) is 5.09. The molecule has 0 aromatic carbocycles. The van der Waals surface area contributed by atoms with Crippen molar-refractivity contribution in [3.05, 3.63) is 11.8 Å². The Morgan fingerprint density at radius 1 is 1.82 bits per heavy atom. The summed E-state index contributed by atoms with van der Waals surface area (Å²) >= 11 is 0. The average Bonchev–Trinajstić information content (AvgIpc) is 2.10. The molecular formula is C6H8N2O3. The molecule has 11 heavy (non-hydrogen) atoms. The lowest BCUT2D eigenvalue weighted by molar-refractivity contribution is 0.142. The van der Waals surface area contributed by atoms with Crippen LogP contribution >= 0.6 is 0 Å². The number of aryl methyl sites for hydroxylation is 2. The van der Waals surface area contributed by atoms with Crippen LogP contribution < -0.4 is 4.74 Å². The van der Waals surface area contributed by atoms with Gasteiger partial charge in [0.05, 0.1) is 0 Å². The smallest absolute Gasteiger partial charge is 0.449 e. The Labute approximate surface area is 63.2 Å². The molecule has 1 aromatic rings. The van der Waals surface area contributed by atoms with E-state index in [1.807, 2.05) is 6.92 Å². The quantitative estimate of drug-likeness (QED) is 0.610. The Balaban J connectivity index is 2.81. The van der Waals surface area contributed by atoms with E-state index in [0.29, 0.717) is 0 Å². The van der Waals surface area contributed by atoms with Gasteiger partial charge in [-0.2, -0.15) is 0 Å². The maximum atomic E-state index is 10.0. The molecule has 0 bridgehead atoms. The van der Waals surface area contributed by atoms with Gasteiger partial charge in [0.1, 0.15) is 0 Å². The number of aromatic nitrogens is 2. The lowest BCUT2D eigenvalue weighted by Gasteiger charge is -1.90. The highest BCUT2D eigenvalue weighted by molar-refractivity contribution is 5.60. The number of carbonyl (C=O) groups is 1. The Hall–Kier alpha value is -1.52. The normalized spacial score (nSPS) is 9.64. The van der Waals surface area contributed by atoms with Crippen LogP contribution in [0.1, 0.15) is 5.69 Å². The number of ether oxygens (including phenoxy) is 1. The van der Waals surface area contributed by atoms with Gasteiger partial charge in [-0.3, -0.25) is 4.68 Å². The van der Waals surface area contributed by atoms with Crippen LogP contribution in [0, 0.1) is 6.92 Å². The Bertz CT molecular complexity index is 260. The molecule has 60 valence electrons. The second-order valence-corrected chi connectivity index (χ2v) is 2.12. The number of nitrogens with zero attached hydrogens (tertiary/aromatic N) is 2. The molecule has 0 atom stereocenters. The molecule has 0 saturated heterocycles. The zero-order chi connectivity index (χ0) is 8.43. The first-order valence-corrected chi connectivity index (χ1v) is 3.01. The van der Waals surface area contributed by atoms with Gasteiger partial charge in [0, 0.05) is 18.8 Å². The van der Waals surface area contributed by atoms with Gasteiger partial charge in [-0.05, 0) is 6.92 Å². The van der Waals surface area contributed by atoms with E-state index in [-0.39, 0.29) is 5.88 Å². The SMILES string of the molecule is Cc1cc(OC(=O)O)nn1C.